The lowest BCUT2D eigenvalue weighted by atomic mass is 9.82. The van der Waals surface area contributed by atoms with Crippen LogP contribution in [0.1, 0.15) is 11.1 Å². The standard InChI is InChI=1S/C19H15/c1-15-18(16-9-4-2-5-10-16)13-8-14-19(15)17-11-6-3-7-12-17/h2-14H,1H2. The maximum Gasteiger partial charge on any atom is 0.0557 e. The van der Waals surface area contributed by atoms with Crippen molar-refractivity contribution >= 4 is 5.57 Å². The van der Waals surface area contributed by atoms with Crippen molar-refractivity contribution in [3.63, 3.8) is 0 Å². The zero-order valence-corrected chi connectivity index (χ0v) is 10.7. The Morgan fingerprint density at radius 2 is 1.26 bits per heavy atom. The van der Waals surface area contributed by atoms with E-state index in [4.69, 9.17) is 0 Å². The Hall–Kier alpha value is -2.34. The lowest BCUT2D eigenvalue weighted by molar-refractivity contribution is 1.29. The highest BCUT2D eigenvalue weighted by molar-refractivity contribution is 5.87. The Morgan fingerprint density at radius 1 is 0.684 bits per heavy atom. The summed E-state index contributed by atoms with van der Waals surface area (Å²) >= 11 is 0. The fraction of sp³-hybridized carbons (Fsp3) is 0. The molecule has 0 heterocycles. The van der Waals surface area contributed by atoms with Crippen molar-refractivity contribution in [3.05, 3.63) is 108 Å². The van der Waals surface area contributed by atoms with Crippen molar-refractivity contribution in [1.82, 2.24) is 0 Å². The Bertz CT molecular complexity index is 630. The van der Waals surface area contributed by atoms with Gasteiger partial charge in [0.2, 0.25) is 0 Å². The van der Waals surface area contributed by atoms with E-state index >= 15 is 0 Å². The van der Waals surface area contributed by atoms with E-state index < -0.39 is 0 Å². The van der Waals surface area contributed by atoms with Gasteiger partial charge in [-0.1, -0.05) is 85.5 Å². The van der Waals surface area contributed by atoms with Crippen molar-refractivity contribution in [3.8, 4) is 0 Å². The van der Waals surface area contributed by atoms with E-state index in [1.54, 1.807) is 0 Å². The first-order chi connectivity index (χ1) is 9.36. The summed E-state index contributed by atoms with van der Waals surface area (Å²) in [7, 11) is 0. The molecule has 0 bridgehead atoms. The molecule has 0 unspecified atom stereocenters. The van der Waals surface area contributed by atoms with Crippen LogP contribution in [0.15, 0.2) is 91.0 Å². The van der Waals surface area contributed by atoms with Gasteiger partial charge in [0.15, 0.2) is 0 Å². The molecule has 0 heteroatoms. The average molecular weight is 243 g/mol. The summed E-state index contributed by atoms with van der Waals surface area (Å²) < 4.78 is 0. The van der Waals surface area contributed by atoms with Crippen LogP contribution in [-0.4, -0.2) is 0 Å². The Balaban J connectivity index is 1.97. The predicted octanol–water partition coefficient (Wildman–Crippen LogP) is 4.82. The lowest BCUT2D eigenvalue weighted by Gasteiger charge is -2.21. The molecule has 0 aliphatic heterocycles. The van der Waals surface area contributed by atoms with Crippen molar-refractivity contribution in [2.24, 2.45) is 0 Å². The first-order valence-electron chi connectivity index (χ1n) is 6.42. The van der Waals surface area contributed by atoms with Gasteiger partial charge in [-0.25, -0.2) is 0 Å². The summed E-state index contributed by atoms with van der Waals surface area (Å²) in [4.78, 5) is 0. The van der Waals surface area contributed by atoms with Gasteiger partial charge >= 0.3 is 0 Å². The maximum atomic E-state index is 4.27. The second-order valence-electron chi connectivity index (χ2n) is 4.56. The molecule has 0 N–H and O–H groups in total. The first-order valence-corrected chi connectivity index (χ1v) is 6.42. The maximum absolute atomic E-state index is 4.27. The van der Waals surface area contributed by atoms with Gasteiger partial charge in [0.1, 0.15) is 0 Å². The molecule has 1 radical (unpaired) electrons. The van der Waals surface area contributed by atoms with Gasteiger partial charge in [-0.05, 0) is 22.3 Å². The molecule has 0 saturated carbocycles. The summed E-state index contributed by atoms with van der Waals surface area (Å²) in [6, 6.07) is 20.8. The summed E-state index contributed by atoms with van der Waals surface area (Å²) in [6.07, 6.45) is 6.35. The highest BCUT2D eigenvalue weighted by Crippen LogP contribution is 2.36. The number of allylic oxidation sites excluding steroid dienone is 5. The van der Waals surface area contributed by atoms with Gasteiger partial charge in [-0.15, -0.1) is 0 Å². The van der Waals surface area contributed by atoms with Gasteiger partial charge in [-0.3, -0.25) is 0 Å². The van der Waals surface area contributed by atoms with Gasteiger partial charge in [0.25, 0.3) is 0 Å². The minimum atomic E-state index is 1.08. The second kappa shape index (κ2) is 5.11. The highest BCUT2D eigenvalue weighted by atomic mass is 14.2. The topological polar surface area (TPSA) is 0 Å². The second-order valence-corrected chi connectivity index (χ2v) is 4.56. The van der Waals surface area contributed by atoms with Gasteiger partial charge in [0.05, 0.1) is 5.92 Å². The van der Waals surface area contributed by atoms with Crippen LogP contribution in [0.25, 0.3) is 5.57 Å². The molecule has 2 aromatic rings. The SMILES string of the molecule is C=C1[C](c2ccccc2)C=CC=C1c1ccccc1. The largest absolute Gasteiger partial charge is 0.0939 e. The molecular weight excluding hydrogens is 228 g/mol. The molecule has 3 rings (SSSR count). The first kappa shape index (κ1) is 11.7. The Morgan fingerprint density at radius 3 is 1.89 bits per heavy atom. The third-order valence-corrected chi connectivity index (χ3v) is 3.35. The summed E-state index contributed by atoms with van der Waals surface area (Å²) in [5.74, 6) is 1.20. The van der Waals surface area contributed by atoms with Crippen molar-refractivity contribution in [1.29, 1.82) is 0 Å². The third kappa shape index (κ3) is 2.30. The van der Waals surface area contributed by atoms with Crippen LogP contribution in [-0.2, 0) is 0 Å². The molecule has 19 heavy (non-hydrogen) atoms. The summed E-state index contributed by atoms with van der Waals surface area (Å²) in [5.41, 5.74) is 4.71. The van der Waals surface area contributed by atoms with E-state index in [1.807, 2.05) is 12.1 Å². The zero-order chi connectivity index (χ0) is 13.1. The van der Waals surface area contributed by atoms with E-state index in [0.717, 1.165) is 5.57 Å². The van der Waals surface area contributed by atoms with Crippen molar-refractivity contribution < 1.29 is 0 Å². The summed E-state index contributed by atoms with van der Waals surface area (Å²) in [6.45, 7) is 4.27. The summed E-state index contributed by atoms with van der Waals surface area (Å²) in [5, 5.41) is 0. The van der Waals surface area contributed by atoms with Crippen LogP contribution in [0.2, 0.25) is 0 Å². The number of hydrogen-bond acceptors (Lipinski definition) is 0. The molecule has 0 atom stereocenters. The molecule has 0 aromatic heterocycles. The number of benzene rings is 2. The lowest BCUT2D eigenvalue weighted by Crippen LogP contribution is -2.05. The van der Waals surface area contributed by atoms with E-state index in [9.17, 15) is 0 Å². The van der Waals surface area contributed by atoms with Crippen LogP contribution in [0.4, 0.5) is 0 Å². The van der Waals surface area contributed by atoms with Crippen LogP contribution >= 0.6 is 0 Å². The number of hydrogen-bond donors (Lipinski definition) is 0. The quantitative estimate of drug-likeness (QED) is 0.709. The van der Waals surface area contributed by atoms with E-state index in [-0.39, 0.29) is 0 Å². The molecular formula is C19H15. The van der Waals surface area contributed by atoms with Crippen molar-refractivity contribution in [2.75, 3.05) is 0 Å². The molecule has 0 nitrogen and oxygen atoms in total. The third-order valence-electron chi connectivity index (χ3n) is 3.35. The van der Waals surface area contributed by atoms with E-state index in [0.29, 0.717) is 0 Å². The van der Waals surface area contributed by atoms with E-state index in [2.05, 4.69) is 73.3 Å². The predicted molar refractivity (Wildman–Crippen MR) is 81.5 cm³/mol. The molecule has 0 fully saturated rings. The molecule has 1 aliphatic carbocycles. The van der Waals surface area contributed by atoms with Crippen LogP contribution < -0.4 is 0 Å². The Kier molecular flexibility index (Phi) is 3.16. The molecule has 91 valence electrons. The Labute approximate surface area is 114 Å². The number of rotatable bonds is 2. The zero-order valence-electron chi connectivity index (χ0n) is 10.7. The molecule has 1 aliphatic rings. The highest BCUT2D eigenvalue weighted by Gasteiger charge is 2.19. The van der Waals surface area contributed by atoms with Crippen molar-refractivity contribution in [2.45, 2.75) is 0 Å². The molecule has 0 spiro atoms. The van der Waals surface area contributed by atoms with Crippen LogP contribution in [0.3, 0.4) is 0 Å². The van der Waals surface area contributed by atoms with Gasteiger partial charge in [-0.2, -0.15) is 0 Å². The molecule has 2 aromatic carbocycles. The smallest absolute Gasteiger partial charge is 0.0557 e. The minimum absolute atomic E-state index is 1.08. The average Bonchev–Trinajstić information content (AvgIpc) is 2.49. The molecule has 0 amide bonds. The normalized spacial score (nSPS) is 15.4. The van der Waals surface area contributed by atoms with Gasteiger partial charge in [0, 0.05) is 0 Å². The van der Waals surface area contributed by atoms with Gasteiger partial charge < -0.3 is 0 Å². The van der Waals surface area contributed by atoms with Crippen LogP contribution in [0.5, 0.6) is 0 Å². The minimum Gasteiger partial charge on any atom is -0.0939 e. The molecule has 0 saturated heterocycles. The van der Waals surface area contributed by atoms with Crippen LogP contribution in [0, 0.1) is 5.92 Å². The fourth-order valence-corrected chi connectivity index (χ4v) is 2.36. The van der Waals surface area contributed by atoms with E-state index in [1.165, 1.54) is 22.6 Å². The fourth-order valence-electron chi connectivity index (χ4n) is 2.36. The monoisotopic (exact) mass is 243 g/mol.